The largest absolute Gasteiger partial charge is 0.376 e. The quantitative estimate of drug-likeness (QED) is 0.915. The number of nitrogens with zero attached hydrogens (tertiary/aromatic N) is 2. The first kappa shape index (κ1) is 15.3. The molecule has 0 aliphatic carbocycles. The minimum Gasteiger partial charge on any atom is -0.376 e. The molecule has 6 heteroatoms. The van der Waals surface area contributed by atoms with E-state index in [-0.39, 0.29) is 29.0 Å². The number of pyridine rings is 2. The van der Waals surface area contributed by atoms with E-state index in [1.807, 2.05) is 4.90 Å². The fourth-order valence-electron chi connectivity index (χ4n) is 4.03. The van der Waals surface area contributed by atoms with Gasteiger partial charge in [0, 0.05) is 24.8 Å². The van der Waals surface area contributed by atoms with E-state index in [1.165, 1.54) is 0 Å². The molecule has 4 heterocycles. The van der Waals surface area contributed by atoms with Gasteiger partial charge in [0.15, 0.2) is 0 Å². The number of fused-ring (bicyclic) bond motifs is 1. The van der Waals surface area contributed by atoms with Crippen LogP contribution in [-0.4, -0.2) is 46.1 Å². The van der Waals surface area contributed by atoms with E-state index in [2.05, 4.69) is 23.8 Å². The van der Waals surface area contributed by atoms with E-state index < -0.39 is 0 Å². The number of H-pyrrole nitrogens is 1. The van der Waals surface area contributed by atoms with Crippen LogP contribution in [0.5, 0.6) is 0 Å². The van der Waals surface area contributed by atoms with Crippen LogP contribution in [0.2, 0.25) is 0 Å². The smallest absolute Gasteiger partial charge is 0.272 e. The first-order valence-electron chi connectivity index (χ1n) is 8.38. The van der Waals surface area contributed by atoms with Crippen molar-refractivity contribution in [2.45, 2.75) is 38.8 Å². The van der Waals surface area contributed by atoms with E-state index in [4.69, 9.17) is 4.74 Å². The zero-order valence-electron chi connectivity index (χ0n) is 13.9. The molecule has 0 aromatic carbocycles. The second-order valence-electron chi connectivity index (χ2n) is 7.35. The number of amides is 1. The normalized spacial score (nSPS) is 25.7. The van der Waals surface area contributed by atoms with Crippen molar-refractivity contribution in [1.29, 1.82) is 0 Å². The summed E-state index contributed by atoms with van der Waals surface area (Å²) in [7, 11) is 0. The topological polar surface area (TPSA) is 75.3 Å². The molecule has 24 heavy (non-hydrogen) atoms. The fraction of sp³-hybridized carbons (Fsp3) is 0.500. The van der Waals surface area contributed by atoms with Crippen LogP contribution < -0.4 is 5.56 Å². The summed E-state index contributed by atoms with van der Waals surface area (Å²) >= 11 is 0. The number of nitrogens with one attached hydrogen (secondary N) is 1. The number of hydrogen-bond donors (Lipinski definition) is 1. The number of aromatic nitrogens is 2. The zero-order chi connectivity index (χ0) is 16.9. The molecule has 2 fully saturated rings. The van der Waals surface area contributed by atoms with E-state index in [1.54, 1.807) is 24.4 Å². The van der Waals surface area contributed by atoms with Gasteiger partial charge in [-0.1, -0.05) is 13.8 Å². The molecule has 2 aliphatic heterocycles. The summed E-state index contributed by atoms with van der Waals surface area (Å²) in [6, 6.07) is 5.10. The standard InChI is InChI=1S/C18H21N3O3/c1-18(2)10-21(15(18)14-4-3-9-24-14)17(23)13-6-5-11-12(20-13)7-8-19-16(11)22/h5-8,14-15H,3-4,9-10H2,1-2H3,(H,19,22). The summed E-state index contributed by atoms with van der Waals surface area (Å²) in [6.07, 6.45) is 3.71. The first-order chi connectivity index (χ1) is 11.5. The van der Waals surface area contributed by atoms with Gasteiger partial charge in [0.25, 0.3) is 11.5 Å². The second-order valence-corrected chi connectivity index (χ2v) is 7.35. The van der Waals surface area contributed by atoms with Crippen LogP contribution in [0.3, 0.4) is 0 Å². The molecule has 0 radical (unpaired) electrons. The molecule has 4 rings (SSSR count). The Balaban J connectivity index is 1.64. The van der Waals surface area contributed by atoms with Crippen molar-refractivity contribution in [2.24, 2.45) is 5.41 Å². The van der Waals surface area contributed by atoms with Gasteiger partial charge in [0.05, 0.1) is 23.0 Å². The number of rotatable bonds is 2. The molecule has 2 aromatic heterocycles. The van der Waals surface area contributed by atoms with Crippen LogP contribution in [0.25, 0.3) is 10.9 Å². The lowest BCUT2D eigenvalue weighted by Gasteiger charge is -2.56. The highest BCUT2D eigenvalue weighted by molar-refractivity contribution is 5.95. The molecule has 0 bridgehead atoms. The van der Waals surface area contributed by atoms with Crippen molar-refractivity contribution in [3.05, 3.63) is 40.4 Å². The van der Waals surface area contributed by atoms with Crippen LogP contribution in [0.1, 0.15) is 37.2 Å². The Morgan fingerprint density at radius 3 is 2.92 bits per heavy atom. The van der Waals surface area contributed by atoms with Gasteiger partial charge in [-0.3, -0.25) is 9.59 Å². The van der Waals surface area contributed by atoms with Gasteiger partial charge in [0.2, 0.25) is 0 Å². The van der Waals surface area contributed by atoms with E-state index >= 15 is 0 Å². The number of carbonyl (C=O) groups excluding carboxylic acids is 1. The highest BCUT2D eigenvalue weighted by atomic mass is 16.5. The minimum atomic E-state index is -0.193. The van der Waals surface area contributed by atoms with Gasteiger partial charge in [-0.15, -0.1) is 0 Å². The second kappa shape index (κ2) is 5.41. The number of aromatic amines is 1. The Hall–Kier alpha value is -2.21. The lowest BCUT2D eigenvalue weighted by molar-refractivity contribution is -0.0962. The molecule has 0 spiro atoms. The molecular formula is C18H21N3O3. The molecule has 1 amide bonds. The molecule has 6 nitrogen and oxygen atoms in total. The Kier molecular flexibility index (Phi) is 3.46. The molecule has 2 aromatic rings. The summed E-state index contributed by atoms with van der Waals surface area (Å²) in [5.41, 5.74) is 0.782. The average Bonchev–Trinajstić information content (AvgIpc) is 3.05. The summed E-state index contributed by atoms with van der Waals surface area (Å²) in [6.45, 7) is 5.83. The third kappa shape index (κ3) is 2.33. The van der Waals surface area contributed by atoms with Crippen molar-refractivity contribution in [3.63, 3.8) is 0 Å². The van der Waals surface area contributed by atoms with E-state index in [0.717, 1.165) is 19.4 Å². The third-order valence-corrected chi connectivity index (χ3v) is 5.14. The van der Waals surface area contributed by atoms with Crippen LogP contribution in [0, 0.1) is 5.41 Å². The van der Waals surface area contributed by atoms with Crippen molar-refractivity contribution >= 4 is 16.8 Å². The van der Waals surface area contributed by atoms with Crippen LogP contribution >= 0.6 is 0 Å². The lowest BCUT2D eigenvalue weighted by atomic mass is 9.71. The number of carbonyl (C=O) groups is 1. The van der Waals surface area contributed by atoms with Gasteiger partial charge in [-0.2, -0.15) is 0 Å². The zero-order valence-corrected chi connectivity index (χ0v) is 13.9. The van der Waals surface area contributed by atoms with Gasteiger partial charge >= 0.3 is 0 Å². The van der Waals surface area contributed by atoms with Crippen molar-refractivity contribution in [2.75, 3.05) is 13.2 Å². The van der Waals surface area contributed by atoms with Crippen molar-refractivity contribution < 1.29 is 9.53 Å². The molecule has 2 aliphatic rings. The summed E-state index contributed by atoms with van der Waals surface area (Å²) in [5, 5.41) is 0.494. The van der Waals surface area contributed by atoms with Crippen molar-refractivity contribution in [1.82, 2.24) is 14.9 Å². The maximum atomic E-state index is 12.9. The van der Waals surface area contributed by atoms with Crippen LogP contribution in [-0.2, 0) is 4.74 Å². The highest BCUT2D eigenvalue weighted by Gasteiger charge is 2.53. The van der Waals surface area contributed by atoms with E-state index in [9.17, 15) is 9.59 Å². The molecule has 2 atom stereocenters. The SMILES string of the molecule is CC1(C)CN(C(=O)c2ccc3c(=O)[nH]ccc3n2)C1C1CCCO1. The van der Waals surface area contributed by atoms with Gasteiger partial charge < -0.3 is 14.6 Å². The predicted octanol–water partition coefficient (Wildman–Crippen LogP) is 1.95. The average molecular weight is 327 g/mol. The lowest BCUT2D eigenvalue weighted by Crippen LogP contribution is -2.68. The molecular weight excluding hydrogens is 306 g/mol. The van der Waals surface area contributed by atoms with Gasteiger partial charge in [0.1, 0.15) is 5.69 Å². The molecule has 0 saturated carbocycles. The maximum absolute atomic E-state index is 12.9. The minimum absolute atomic E-state index is 0.0542. The highest BCUT2D eigenvalue weighted by Crippen LogP contribution is 2.42. The Labute approximate surface area is 139 Å². The summed E-state index contributed by atoms with van der Waals surface area (Å²) in [5.74, 6) is -0.0861. The summed E-state index contributed by atoms with van der Waals surface area (Å²) in [4.78, 5) is 33.6. The van der Waals surface area contributed by atoms with Crippen LogP contribution in [0.15, 0.2) is 29.2 Å². The van der Waals surface area contributed by atoms with Gasteiger partial charge in [-0.25, -0.2) is 4.98 Å². The fourth-order valence-corrected chi connectivity index (χ4v) is 4.03. The van der Waals surface area contributed by atoms with Crippen molar-refractivity contribution in [3.8, 4) is 0 Å². The number of hydrogen-bond acceptors (Lipinski definition) is 4. The van der Waals surface area contributed by atoms with Crippen LogP contribution in [0.4, 0.5) is 0 Å². The van der Waals surface area contributed by atoms with Gasteiger partial charge in [-0.05, 0) is 31.0 Å². The molecule has 2 unspecified atom stereocenters. The third-order valence-electron chi connectivity index (χ3n) is 5.14. The summed E-state index contributed by atoms with van der Waals surface area (Å²) < 4.78 is 5.83. The molecule has 1 N–H and O–H groups in total. The Bertz CT molecular complexity index is 852. The molecule has 2 saturated heterocycles. The monoisotopic (exact) mass is 327 g/mol. The first-order valence-corrected chi connectivity index (χ1v) is 8.38. The Morgan fingerprint density at radius 2 is 2.21 bits per heavy atom. The molecule has 126 valence electrons. The Morgan fingerprint density at radius 1 is 1.38 bits per heavy atom. The maximum Gasteiger partial charge on any atom is 0.272 e. The number of likely N-dealkylation sites (tertiary alicyclic amines) is 1. The number of ether oxygens (including phenoxy) is 1. The predicted molar refractivity (Wildman–Crippen MR) is 89.9 cm³/mol. The van der Waals surface area contributed by atoms with E-state index in [0.29, 0.717) is 23.1 Å².